The first-order valence-electron chi connectivity index (χ1n) is 9.61. The second-order valence-corrected chi connectivity index (χ2v) is 6.87. The number of carboxylic acid groups (broad SMARTS) is 1. The number of H-pyrrole nitrogens is 1. The summed E-state index contributed by atoms with van der Waals surface area (Å²) in [5.41, 5.74) is 3.41. The van der Waals surface area contributed by atoms with Crippen LogP contribution in [-0.4, -0.2) is 49.7 Å². The fourth-order valence-electron chi connectivity index (χ4n) is 3.00. The second-order valence-electron chi connectivity index (χ2n) is 6.87. The Morgan fingerprint density at radius 1 is 1.34 bits per heavy atom. The Labute approximate surface area is 179 Å². The summed E-state index contributed by atoms with van der Waals surface area (Å²) in [5, 5.41) is 19.4. The van der Waals surface area contributed by atoms with E-state index >= 15 is 0 Å². The van der Waals surface area contributed by atoms with Crippen LogP contribution in [0, 0.1) is 0 Å². The zero-order valence-corrected chi connectivity index (χ0v) is 16.9. The van der Waals surface area contributed by atoms with Crippen LogP contribution in [0.1, 0.15) is 25.3 Å². The van der Waals surface area contributed by atoms with Gasteiger partial charge in [-0.2, -0.15) is 18.3 Å². The first-order valence-corrected chi connectivity index (χ1v) is 9.61. The Balaban J connectivity index is 0.000000360. The number of aryl methyl sites for hydroxylation is 1. The van der Waals surface area contributed by atoms with Crippen LogP contribution in [0.25, 0.3) is 10.9 Å². The molecule has 32 heavy (non-hydrogen) atoms. The predicted octanol–water partition coefficient (Wildman–Crippen LogP) is 3.54. The highest BCUT2D eigenvalue weighted by atomic mass is 19.4. The number of nitrogens with zero attached hydrogens (tertiary/aromatic N) is 3. The van der Waals surface area contributed by atoms with Crippen molar-refractivity contribution in [3.05, 3.63) is 48.4 Å². The van der Waals surface area contributed by atoms with E-state index in [9.17, 15) is 18.0 Å². The number of carbonyl (C=O) groups is 2. The molecule has 0 saturated heterocycles. The summed E-state index contributed by atoms with van der Waals surface area (Å²) in [4.78, 5) is 29.9. The van der Waals surface area contributed by atoms with Crippen LogP contribution in [0.5, 0.6) is 0 Å². The Kier molecular flexibility index (Phi) is 6.81. The number of alkyl halides is 3. The maximum atomic E-state index is 12.4. The van der Waals surface area contributed by atoms with Gasteiger partial charge in [0.15, 0.2) is 0 Å². The van der Waals surface area contributed by atoms with E-state index in [2.05, 4.69) is 27.5 Å². The highest BCUT2D eigenvalue weighted by molar-refractivity contribution is 6.12. The van der Waals surface area contributed by atoms with Crippen LogP contribution in [0.4, 0.5) is 18.9 Å². The monoisotopic (exact) mass is 451 g/mol. The van der Waals surface area contributed by atoms with E-state index in [1.165, 1.54) is 0 Å². The molecular formula is C20H20F3N5O4. The van der Waals surface area contributed by atoms with Gasteiger partial charge in [-0.15, -0.1) is 0 Å². The van der Waals surface area contributed by atoms with Crippen LogP contribution >= 0.6 is 0 Å². The summed E-state index contributed by atoms with van der Waals surface area (Å²) >= 11 is 0. The fourth-order valence-corrected chi connectivity index (χ4v) is 3.00. The van der Waals surface area contributed by atoms with Crippen molar-refractivity contribution in [2.24, 2.45) is 5.16 Å². The minimum atomic E-state index is -5.08. The van der Waals surface area contributed by atoms with Gasteiger partial charge in [0.1, 0.15) is 0 Å². The normalized spacial score (nSPS) is 15.5. The van der Waals surface area contributed by atoms with Crippen molar-refractivity contribution in [1.29, 1.82) is 0 Å². The molecular weight excluding hydrogens is 431 g/mol. The molecule has 4 rings (SSSR count). The van der Waals surface area contributed by atoms with Crippen molar-refractivity contribution < 1.29 is 32.7 Å². The smallest absolute Gasteiger partial charge is 0.475 e. The third-order valence-electron chi connectivity index (χ3n) is 4.46. The molecule has 0 fully saturated rings. The molecule has 2 aromatic heterocycles. The zero-order chi connectivity index (χ0) is 23.3. The minimum absolute atomic E-state index is 0.214. The van der Waals surface area contributed by atoms with E-state index in [0.717, 1.165) is 35.1 Å². The fraction of sp³-hybridized carbons (Fsp3) is 0.300. The number of halogens is 3. The van der Waals surface area contributed by atoms with Crippen LogP contribution in [0.2, 0.25) is 0 Å². The number of aliphatic carboxylic acids is 1. The van der Waals surface area contributed by atoms with Gasteiger partial charge in [-0.05, 0) is 12.5 Å². The summed E-state index contributed by atoms with van der Waals surface area (Å²) < 4.78 is 33.5. The van der Waals surface area contributed by atoms with E-state index in [0.29, 0.717) is 12.1 Å². The second kappa shape index (κ2) is 9.54. The topological polar surface area (TPSA) is 122 Å². The molecule has 0 radical (unpaired) electrons. The van der Waals surface area contributed by atoms with Crippen LogP contribution in [0.3, 0.4) is 0 Å². The Hall–Kier alpha value is -3.83. The van der Waals surface area contributed by atoms with Gasteiger partial charge >= 0.3 is 12.1 Å². The number of anilines is 1. The predicted molar refractivity (Wildman–Crippen MR) is 109 cm³/mol. The summed E-state index contributed by atoms with van der Waals surface area (Å²) in [6, 6.07) is 8.00. The van der Waals surface area contributed by atoms with E-state index in [-0.39, 0.29) is 5.91 Å². The van der Waals surface area contributed by atoms with Gasteiger partial charge in [0.2, 0.25) is 6.10 Å². The summed E-state index contributed by atoms with van der Waals surface area (Å²) in [5.74, 6) is -2.97. The van der Waals surface area contributed by atoms with Crippen LogP contribution < -0.4 is 5.32 Å². The molecule has 1 amide bonds. The van der Waals surface area contributed by atoms with Gasteiger partial charge in [-0.25, -0.2) is 4.79 Å². The van der Waals surface area contributed by atoms with Gasteiger partial charge < -0.3 is 20.2 Å². The molecule has 170 valence electrons. The summed E-state index contributed by atoms with van der Waals surface area (Å²) in [6.45, 7) is 2.90. The number of rotatable bonds is 5. The molecule has 3 aromatic rings. The number of hydrogen-bond acceptors (Lipinski definition) is 5. The molecule has 0 spiro atoms. The molecule has 1 aliphatic heterocycles. The van der Waals surface area contributed by atoms with Crippen LogP contribution in [-0.2, 0) is 21.0 Å². The number of aromatic nitrogens is 3. The molecule has 0 aliphatic carbocycles. The lowest BCUT2D eigenvalue weighted by atomic mass is 10.0. The third kappa shape index (κ3) is 5.45. The molecule has 1 aliphatic rings. The van der Waals surface area contributed by atoms with E-state index in [4.69, 9.17) is 14.7 Å². The van der Waals surface area contributed by atoms with Crippen molar-refractivity contribution in [2.45, 2.75) is 38.6 Å². The summed E-state index contributed by atoms with van der Waals surface area (Å²) in [6.07, 6.45) is 1.06. The van der Waals surface area contributed by atoms with Crippen molar-refractivity contribution in [1.82, 2.24) is 14.8 Å². The molecule has 1 aromatic carbocycles. The number of fused-ring (bicyclic) bond motifs is 1. The van der Waals surface area contributed by atoms with Gasteiger partial charge in [-0.3, -0.25) is 9.48 Å². The number of benzene rings is 1. The molecule has 12 heteroatoms. The lowest BCUT2D eigenvalue weighted by Gasteiger charge is -2.07. The van der Waals surface area contributed by atoms with E-state index < -0.39 is 18.2 Å². The van der Waals surface area contributed by atoms with E-state index in [1.807, 2.05) is 36.7 Å². The highest BCUT2D eigenvalue weighted by Crippen LogP contribution is 2.24. The van der Waals surface area contributed by atoms with Crippen molar-refractivity contribution >= 4 is 34.2 Å². The minimum Gasteiger partial charge on any atom is -0.475 e. The maximum Gasteiger partial charge on any atom is 0.490 e. The molecule has 0 bridgehead atoms. The van der Waals surface area contributed by atoms with Gasteiger partial charge in [0.05, 0.1) is 23.1 Å². The number of aromatic amines is 1. The van der Waals surface area contributed by atoms with Gasteiger partial charge in [0.25, 0.3) is 5.91 Å². The number of amides is 1. The van der Waals surface area contributed by atoms with Gasteiger partial charge in [-0.1, -0.05) is 30.3 Å². The quantitative estimate of drug-likeness (QED) is 0.548. The standard InChI is InChI=1S/C18H19N5O2.C2HF3O2/c1-2-8-23-11-13(10-20-23)21-18(24)16-9-15(22-25-16)14-5-3-4-12-6-7-19-17(12)14;3-2(4,5)1(6)7/h3-7,10-11,16,19H,2,8-9H2,1H3,(H,21,24);(H,6,7). The molecule has 1 unspecified atom stereocenters. The number of carboxylic acids is 1. The number of nitrogens with one attached hydrogen (secondary N) is 2. The number of para-hydroxylation sites is 1. The molecule has 3 N–H and O–H groups in total. The number of carbonyl (C=O) groups excluding carboxylic acids is 1. The summed E-state index contributed by atoms with van der Waals surface area (Å²) in [7, 11) is 0. The zero-order valence-electron chi connectivity index (χ0n) is 16.9. The average molecular weight is 451 g/mol. The van der Waals surface area contributed by atoms with E-state index in [1.54, 1.807) is 10.9 Å². The third-order valence-corrected chi connectivity index (χ3v) is 4.46. The molecule has 3 heterocycles. The van der Waals surface area contributed by atoms with Crippen molar-refractivity contribution in [2.75, 3.05) is 5.32 Å². The number of oxime groups is 1. The lowest BCUT2D eigenvalue weighted by Crippen LogP contribution is -2.27. The molecule has 0 saturated carbocycles. The largest absolute Gasteiger partial charge is 0.490 e. The average Bonchev–Trinajstić information content (AvgIpc) is 3.48. The number of hydrogen-bond donors (Lipinski definition) is 3. The first-order chi connectivity index (χ1) is 15.2. The van der Waals surface area contributed by atoms with Gasteiger partial charge in [0, 0.05) is 36.3 Å². The molecule has 1 atom stereocenters. The Bertz CT molecular complexity index is 1140. The molecule has 9 nitrogen and oxygen atoms in total. The maximum absolute atomic E-state index is 12.4. The lowest BCUT2D eigenvalue weighted by molar-refractivity contribution is -0.192. The van der Waals surface area contributed by atoms with Crippen molar-refractivity contribution in [3.63, 3.8) is 0 Å². The first kappa shape index (κ1) is 22.8. The SMILES string of the molecule is CCCn1cc(NC(=O)C2CC(c3cccc4cc[nH]c34)=NO2)cn1.O=C(O)C(F)(F)F. The Morgan fingerprint density at radius 2 is 2.09 bits per heavy atom. The van der Waals surface area contributed by atoms with Crippen LogP contribution in [0.15, 0.2) is 48.0 Å². The Morgan fingerprint density at radius 3 is 2.78 bits per heavy atom. The van der Waals surface area contributed by atoms with Crippen molar-refractivity contribution in [3.8, 4) is 0 Å². The highest BCUT2D eigenvalue weighted by Gasteiger charge is 2.38.